The van der Waals surface area contributed by atoms with Crippen molar-refractivity contribution >= 4 is 10.8 Å². The first-order valence-corrected chi connectivity index (χ1v) is 13.8. The largest absolute Gasteiger partial charge is 0.393 e. The van der Waals surface area contributed by atoms with Crippen LogP contribution in [-0.4, -0.2) is 16.2 Å². The molecular weight excluding hydrogens is 426 g/mol. The van der Waals surface area contributed by atoms with Gasteiger partial charge in [-0.2, -0.15) is 0 Å². The molecule has 2 aromatic carbocycles. The molecule has 2 nitrogen and oxygen atoms in total. The Kier molecular flexibility index (Phi) is 17.0. The molecule has 3 aromatic rings. The van der Waals surface area contributed by atoms with Gasteiger partial charge in [-0.3, -0.25) is 4.98 Å². The predicted octanol–water partition coefficient (Wildman–Crippen LogP) is 9.56. The van der Waals surface area contributed by atoms with E-state index in [0.717, 1.165) is 18.8 Å². The lowest BCUT2D eigenvalue weighted by atomic mass is 9.85. The van der Waals surface area contributed by atoms with Gasteiger partial charge in [0.15, 0.2) is 0 Å². The van der Waals surface area contributed by atoms with E-state index in [2.05, 4.69) is 88.1 Å². The molecule has 196 valence electrons. The van der Waals surface area contributed by atoms with Crippen LogP contribution in [-0.2, 0) is 18.3 Å². The quantitative estimate of drug-likeness (QED) is 0.366. The summed E-state index contributed by atoms with van der Waals surface area (Å²) in [4.78, 5) is 4.13. The summed E-state index contributed by atoms with van der Waals surface area (Å²) in [5, 5.41) is 12.1. The number of aliphatic hydroxyl groups excluding tert-OH is 1. The molecule has 2 unspecified atom stereocenters. The van der Waals surface area contributed by atoms with Gasteiger partial charge in [0.25, 0.3) is 0 Å². The van der Waals surface area contributed by atoms with Crippen molar-refractivity contribution in [2.45, 2.75) is 113 Å². The number of hydrogen-bond acceptors (Lipinski definition) is 2. The average molecular weight is 480 g/mol. The van der Waals surface area contributed by atoms with Gasteiger partial charge in [0.05, 0.1) is 6.10 Å². The summed E-state index contributed by atoms with van der Waals surface area (Å²) in [7, 11) is 0. The van der Waals surface area contributed by atoms with E-state index < -0.39 is 0 Å². The predicted molar refractivity (Wildman–Crippen MR) is 157 cm³/mol. The average Bonchev–Trinajstić information content (AvgIpc) is 2.86. The van der Waals surface area contributed by atoms with Crippen molar-refractivity contribution in [3.63, 3.8) is 0 Å². The molecule has 0 aliphatic carbocycles. The fraction of sp³-hybridized carbons (Fsp3) is 0.545. The van der Waals surface area contributed by atoms with Gasteiger partial charge in [0, 0.05) is 17.8 Å². The summed E-state index contributed by atoms with van der Waals surface area (Å²) in [6, 6.07) is 17.3. The summed E-state index contributed by atoms with van der Waals surface area (Å²) < 4.78 is 0. The first-order chi connectivity index (χ1) is 16.7. The van der Waals surface area contributed by atoms with Crippen LogP contribution in [0.2, 0.25) is 0 Å². The Balaban J connectivity index is 0.000000580. The zero-order chi connectivity index (χ0) is 26.9. The van der Waals surface area contributed by atoms with E-state index in [0.29, 0.717) is 0 Å². The Morgan fingerprint density at radius 1 is 0.829 bits per heavy atom. The summed E-state index contributed by atoms with van der Waals surface area (Å²) in [6.45, 7) is 21.2. The Morgan fingerprint density at radius 2 is 1.49 bits per heavy atom. The minimum atomic E-state index is -0.208. The monoisotopic (exact) mass is 479 g/mol. The maximum absolute atomic E-state index is 9.61. The van der Waals surface area contributed by atoms with E-state index in [1.165, 1.54) is 46.7 Å². The minimum absolute atomic E-state index is 0.188. The molecule has 2 heteroatoms. The van der Waals surface area contributed by atoms with Gasteiger partial charge in [-0.15, -0.1) is 0 Å². The van der Waals surface area contributed by atoms with Crippen molar-refractivity contribution in [2.75, 3.05) is 0 Å². The molecule has 0 spiro atoms. The van der Waals surface area contributed by atoms with Crippen LogP contribution in [0.25, 0.3) is 10.8 Å². The van der Waals surface area contributed by atoms with Crippen LogP contribution in [0.15, 0.2) is 60.9 Å². The molecule has 2 atom stereocenters. The molecule has 1 aromatic heterocycles. The molecule has 0 radical (unpaired) electrons. The van der Waals surface area contributed by atoms with Gasteiger partial charge in [-0.1, -0.05) is 125 Å². The highest BCUT2D eigenvalue weighted by Crippen LogP contribution is 2.23. The fourth-order valence-corrected chi connectivity index (χ4v) is 3.84. The molecule has 0 aliphatic rings. The second-order valence-corrected chi connectivity index (χ2v) is 9.87. The molecule has 1 N–H and O–H groups in total. The second-order valence-electron chi connectivity index (χ2n) is 9.87. The van der Waals surface area contributed by atoms with Crippen LogP contribution in [0, 0.1) is 5.92 Å². The molecular formula is C33H53NO. The molecule has 0 amide bonds. The van der Waals surface area contributed by atoms with Gasteiger partial charge >= 0.3 is 0 Å². The van der Waals surface area contributed by atoms with Gasteiger partial charge in [-0.25, -0.2) is 0 Å². The Hall–Kier alpha value is -2.19. The molecule has 1 heterocycles. The van der Waals surface area contributed by atoms with Crippen LogP contribution >= 0.6 is 0 Å². The lowest BCUT2D eigenvalue weighted by Crippen LogP contribution is -2.13. The van der Waals surface area contributed by atoms with Crippen molar-refractivity contribution in [3.8, 4) is 0 Å². The third-order valence-electron chi connectivity index (χ3n) is 5.81. The lowest BCUT2D eigenvalue weighted by molar-refractivity contribution is 0.171. The van der Waals surface area contributed by atoms with Gasteiger partial charge in [0.1, 0.15) is 0 Å². The maximum atomic E-state index is 9.61. The number of hydrogen-bond donors (Lipinski definition) is 1. The van der Waals surface area contributed by atoms with Crippen molar-refractivity contribution < 1.29 is 5.11 Å². The highest BCUT2D eigenvalue weighted by Gasteiger charge is 2.14. The van der Waals surface area contributed by atoms with Gasteiger partial charge in [-0.05, 0) is 58.7 Å². The van der Waals surface area contributed by atoms with Crippen LogP contribution in [0.3, 0.4) is 0 Å². The van der Waals surface area contributed by atoms with E-state index in [1.54, 1.807) is 0 Å². The van der Waals surface area contributed by atoms with Gasteiger partial charge < -0.3 is 5.11 Å². The summed E-state index contributed by atoms with van der Waals surface area (Å²) in [6.07, 6.45) is 8.94. The van der Waals surface area contributed by atoms with Crippen LogP contribution in [0.1, 0.15) is 105 Å². The minimum Gasteiger partial charge on any atom is -0.393 e. The van der Waals surface area contributed by atoms with Crippen LogP contribution < -0.4 is 0 Å². The zero-order valence-corrected chi connectivity index (χ0v) is 24.4. The normalized spacial score (nSPS) is 12.2. The van der Waals surface area contributed by atoms with E-state index in [4.69, 9.17) is 0 Å². The maximum Gasteiger partial charge on any atom is 0.0577 e. The molecule has 0 fully saturated rings. The lowest BCUT2D eigenvalue weighted by Gasteiger charge is -2.20. The third-order valence-corrected chi connectivity index (χ3v) is 5.81. The number of aliphatic hydroxyl groups is 1. The SMILES string of the molecule is CC.CC.CCC(O)Cc1cccc(C(C)(C)C)c1.CCCC(C)Cc1ccc2cnccc2c1. The third kappa shape index (κ3) is 12.9. The number of aromatic nitrogens is 1. The second kappa shape index (κ2) is 18.1. The van der Waals surface area contributed by atoms with E-state index in [-0.39, 0.29) is 11.5 Å². The van der Waals surface area contributed by atoms with E-state index >= 15 is 0 Å². The van der Waals surface area contributed by atoms with Crippen molar-refractivity contribution in [1.82, 2.24) is 4.98 Å². The van der Waals surface area contributed by atoms with Crippen molar-refractivity contribution in [2.24, 2.45) is 5.92 Å². The number of rotatable bonds is 7. The number of nitrogens with zero attached hydrogens (tertiary/aromatic N) is 1. The van der Waals surface area contributed by atoms with Crippen LogP contribution in [0.5, 0.6) is 0 Å². The summed E-state index contributed by atoms with van der Waals surface area (Å²) in [5.41, 5.74) is 4.20. The first kappa shape index (κ1) is 32.8. The highest BCUT2D eigenvalue weighted by molar-refractivity contribution is 5.81. The Morgan fingerprint density at radius 3 is 2.09 bits per heavy atom. The molecule has 0 aliphatic heterocycles. The number of pyridine rings is 1. The van der Waals surface area contributed by atoms with Gasteiger partial charge in [0.2, 0.25) is 0 Å². The number of benzene rings is 2. The molecule has 3 rings (SSSR count). The van der Waals surface area contributed by atoms with Crippen LogP contribution in [0.4, 0.5) is 0 Å². The molecule has 35 heavy (non-hydrogen) atoms. The van der Waals surface area contributed by atoms with E-state index in [1.807, 2.05) is 47.0 Å². The Labute approximate surface area is 217 Å². The highest BCUT2D eigenvalue weighted by atomic mass is 16.3. The van der Waals surface area contributed by atoms with Crippen molar-refractivity contribution in [1.29, 1.82) is 0 Å². The standard InChI is InChI=1S/C15H19N.C14H22O.2C2H6/c1-3-4-12(2)9-13-5-6-15-11-16-8-7-14(15)10-13;1-5-13(15)10-11-7-6-8-12(9-11)14(2,3)4;2*1-2/h5-8,10-12H,3-4,9H2,1-2H3;6-9,13,15H,5,10H2,1-4H3;2*1-2H3. The fourth-order valence-electron chi connectivity index (χ4n) is 3.84. The smallest absolute Gasteiger partial charge is 0.0577 e. The summed E-state index contributed by atoms with van der Waals surface area (Å²) in [5.74, 6) is 0.782. The topological polar surface area (TPSA) is 33.1 Å². The van der Waals surface area contributed by atoms with Crippen molar-refractivity contribution in [3.05, 3.63) is 77.6 Å². The van der Waals surface area contributed by atoms with E-state index in [9.17, 15) is 5.11 Å². The Bertz CT molecular complexity index is 926. The first-order valence-electron chi connectivity index (χ1n) is 13.8. The molecule has 0 saturated heterocycles. The molecule has 0 saturated carbocycles. The summed E-state index contributed by atoms with van der Waals surface area (Å²) >= 11 is 0. The number of fused-ring (bicyclic) bond motifs is 1. The molecule has 0 bridgehead atoms. The zero-order valence-electron chi connectivity index (χ0n) is 24.4.